The van der Waals surface area contributed by atoms with Gasteiger partial charge in [0.2, 0.25) is 0 Å². The van der Waals surface area contributed by atoms with Gasteiger partial charge in [0, 0.05) is 33.1 Å². The van der Waals surface area contributed by atoms with Gasteiger partial charge in [-0.3, -0.25) is 0 Å². The second kappa shape index (κ2) is 7.87. The van der Waals surface area contributed by atoms with Crippen LogP contribution in [0.15, 0.2) is 0 Å². The molecular weight excluding hydrogens is 464 g/mol. The summed E-state index contributed by atoms with van der Waals surface area (Å²) in [6, 6.07) is -0.00352. The molecule has 1 saturated heterocycles. The molecule has 6 nitrogen and oxygen atoms in total. The van der Waals surface area contributed by atoms with Crippen molar-refractivity contribution < 1.29 is 19.7 Å². The van der Waals surface area contributed by atoms with Crippen molar-refractivity contribution in [3.8, 4) is 0 Å². The van der Waals surface area contributed by atoms with E-state index in [1.807, 2.05) is 7.05 Å². The fourth-order valence-corrected chi connectivity index (χ4v) is 12.2. The number of ether oxygens (including phenoxy) is 1. The zero-order chi connectivity index (χ0) is 26.9. The number of rotatable bonds is 2. The predicted molar refractivity (Wildman–Crippen MR) is 144 cm³/mol. The van der Waals surface area contributed by atoms with Crippen molar-refractivity contribution in [3.63, 3.8) is 0 Å². The first kappa shape index (κ1) is 26.4. The van der Waals surface area contributed by atoms with Crippen LogP contribution in [-0.2, 0) is 4.74 Å². The van der Waals surface area contributed by atoms with E-state index in [0.717, 1.165) is 19.3 Å². The smallest absolute Gasteiger partial charge is 0.319 e. The number of aliphatic hydroxyl groups is 2. The Labute approximate surface area is 224 Å². The van der Waals surface area contributed by atoms with Crippen LogP contribution in [0.4, 0.5) is 4.79 Å². The monoisotopic (exact) mass is 516 g/mol. The minimum atomic E-state index is -0.471. The quantitative estimate of drug-likeness (QED) is 0.554. The van der Waals surface area contributed by atoms with Gasteiger partial charge in [-0.05, 0) is 96.7 Å². The molecule has 2 amide bonds. The predicted octanol–water partition coefficient (Wildman–Crippen LogP) is 4.77. The van der Waals surface area contributed by atoms with Crippen molar-refractivity contribution >= 4 is 6.03 Å². The molecule has 6 heteroatoms. The molecule has 0 bridgehead atoms. The highest BCUT2D eigenvalue weighted by Gasteiger charge is 2.84. The fourth-order valence-electron chi connectivity index (χ4n) is 12.2. The van der Waals surface area contributed by atoms with E-state index >= 15 is 0 Å². The number of amides is 2. The molecule has 0 aromatic heterocycles. The maximum Gasteiger partial charge on any atom is 0.319 e. The minimum Gasteiger partial charge on any atom is -0.393 e. The molecule has 37 heavy (non-hydrogen) atoms. The van der Waals surface area contributed by atoms with E-state index in [9.17, 15) is 15.0 Å². The lowest BCUT2D eigenvalue weighted by Crippen LogP contribution is -2.59. The second-order valence-electron chi connectivity index (χ2n) is 15.7. The van der Waals surface area contributed by atoms with Gasteiger partial charge >= 0.3 is 6.03 Å². The standard InChI is InChI=1S/C31H52N2O4/c1-18-15-19(16-33(8)26(36)32(6)7)37-24-23(18)28(4)13-14-31-17-30(31)12-11-22(34)27(2,3)20(30)9-10-21(31)29(28,5)25(24)35/h18-25,34-35H,9-17H2,1-8H3/t18-,19-,20+,21+,22+,23+,24+,25+,28-,29-,30-,31+/m1/s1. The van der Waals surface area contributed by atoms with E-state index in [4.69, 9.17) is 4.74 Å². The van der Waals surface area contributed by atoms with E-state index in [0.29, 0.717) is 41.0 Å². The van der Waals surface area contributed by atoms with Gasteiger partial charge in [-0.2, -0.15) is 0 Å². The maximum atomic E-state index is 12.5. The van der Waals surface area contributed by atoms with Crippen LogP contribution in [-0.4, -0.2) is 78.1 Å². The highest BCUT2D eigenvalue weighted by atomic mass is 16.5. The molecule has 2 spiro atoms. The molecular formula is C31H52N2O4. The summed E-state index contributed by atoms with van der Waals surface area (Å²) < 4.78 is 6.80. The Morgan fingerprint density at radius 3 is 2.27 bits per heavy atom. The number of aliphatic hydroxyl groups excluding tert-OH is 2. The Morgan fingerprint density at radius 2 is 1.59 bits per heavy atom. The number of nitrogens with zero attached hydrogens (tertiary/aromatic N) is 2. The lowest BCUT2D eigenvalue weighted by atomic mass is 9.41. The van der Waals surface area contributed by atoms with Crippen molar-refractivity contribution in [2.75, 3.05) is 27.7 Å². The normalized spacial score (nSPS) is 55.2. The molecule has 5 saturated carbocycles. The Bertz CT molecular complexity index is 969. The first-order valence-corrected chi connectivity index (χ1v) is 15.1. The van der Waals surface area contributed by atoms with Crippen LogP contribution < -0.4 is 0 Å². The van der Waals surface area contributed by atoms with E-state index in [2.05, 4.69) is 34.6 Å². The lowest BCUT2D eigenvalue weighted by Gasteiger charge is -2.63. The van der Waals surface area contributed by atoms with Crippen LogP contribution in [0.3, 0.4) is 0 Å². The first-order chi connectivity index (χ1) is 17.2. The molecule has 0 radical (unpaired) electrons. The Balaban J connectivity index is 1.30. The maximum absolute atomic E-state index is 12.5. The molecule has 5 aliphatic carbocycles. The number of urea groups is 1. The number of carbonyl (C=O) groups excluding carboxylic acids is 1. The van der Waals surface area contributed by atoms with Crippen LogP contribution in [0.1, 0.15) is 86.0 Å². The molecule has 1 heterocycles. The van der Waals surface area contributed by atoms with Crippen LogP contribution >= 0.6 is 0 Å². The van der Waals surface area contributed by atoms with Gasteiger partial charge in [0.05, 0.1) is 24.4 Å². The van der Waals surface area contributed by atoms with Gasteiger partial charge in [0.15, 0.2) is 0 Å². The number of likely N-dealkylation sites (N-methyl/N-ethyl adjacent to an activating group) is 1. The number of fused-ring (bicyclic) bond motifs is 4. The average molecular weight is 517 g/mol. The van der Waals surface area contributed by atoms with Gasteiger partial charge in [0.25, 0.3) is 0 Å². The highest BCUT2D eigenvalue weighted by Crippen LogP contribution is 2.89. The molecule has 0 aromatic rings. The number of carbonyl (C=O) groups is 1. The average Bonchev–Trinajstić information content (AvgIpc) is 3.46. The zero-order valence-corrected chi connectivity index (χ0v) is 24.6. The van der Waals surface area contributed by atoms with Crippen LogP contribution in [0, 0.1) is 50.7 Å². The van der Waals surface area contributed by atoms with Crippen molar-refractivity contribution in [1.29, 1.82) is 0 Å². The fraction of sp³-hybridized carbons (Fsp3) is 0.968. The highest BCUT2D eigenvalue weighted by molar-refractivity contribution is 5.73. The summed E-state index contributed by atoms with van der Waals surface area (Å²) in [6.45, 7) is 12.5. The van der Waals surface area contributed by atoms with E-state index in [-0.39, 0.29) is 40.6 Å². The molecule has 6 rings (SSSR count). The molecule has 210 valence electrons. The molecule has 1 aliphatic heterocycles. The molecule has 2 N–H and O–H groups in total. The van der Waals surface area contributed by atoms with Crippen LogP contribution in [0.2, 0.25) is 0 Å². The van der Waals surface area contributed by atoms with Gasteiger partial charge in [0.1, 0.15) is 0 Å². The van der Waals surface area contributed by atoms with E-state index < -0.39 is 6.10 Å². The van der Waals surface area contributed by atoms with Gasteiger partial charge in [-0.25, -0.2) is 4.79 Å². The molecule has 0 aromatic carbocycles. The van der Waals surface area contributed by atoms with Gasteiger partial charge < -0.3 is 24.7 Å². The summed E-state index contributed by atoms with van der Waals surface area (Å²) >= 11 is 0. The lowest BCUT2D eigenvalue weighted by molar-refractivity contribution is -0.182. The molecule has 6 aliphatic rings. The Kier molecular flexibility index (Phi) is 5.61. The largest absolute Gasteiger partial charge is 0.393 e. The summed E-state index contributed by atoms with van der Waals surface area (Å²) in [5.41, 5.74) is 0.572. The Hall–Kier alpha value is -0.850. The van der Waals surface area contributed by atoms with Gasteiger partial charge in [-0.1, -0.05) is 34.6 Å². The molecule has 0 unspecified atom stereocenters. The summed E-state index contributed by atoms with van der Waals surface area (Å²) in [4.78, 5) is 15.9. The van der Waals surface area contributed by atoms with Crippen LogP contribution in [0.25, 0.3) is 0 Å². The zero-order valence-electron chi connectivity index (χ0n) is 24.6. The minimum absolute atomic E-state index is 0.00352. The summed E-state index contributed by atoms with van der Waals surface area (Å²) in [5.74, 6) is 1.93. The number of hydrogen-bond donors (Lipinski definition) is 2. The van der Waals surface area contributed by atoms with Crippen molar-refractivity contribution in [2.45, 2.75) is 110 Å². The summed E-state index contributed by atoms with van der Waals surface area (Å²) in [7, 11) is 5.43. The summed E-state index contributed by atoms with van der Waals surface area (Å²) in [5, 5.41) is 23.2. The number of hydrogen-bond acceptors (Lipinski definition) is 4. The molecule has 12 atom stereocenters. The first-order valence-electron chi connectivity index (χ1n) is 15.1. The topological polar surface area (TPSA) is 73.2 Å². The van der Waals surface area contributed by atoms with Crippen molar-refractivity contribution in [3.05, 3.63) is 0 Å². The second-order valence-corrected chi connectivity index (χ2v) is 15.7. The van der Waals surface area contributed by atoms with Gasteiger partial charge in [-0.15, -0.1) is 0 Å². The third kappa shape index (κ3) is 3.02. The molecule has 6 fully saturated rings. The third-order valence-corrected chi connectivity index (χ3v) is 14.0. The van der Waals surface area contributed by atoms with E-state index in [1.54, 1.807) is 23.9 Å². The summed E-state index contributed by atoms with van der Waals surface area (Å²) in [6.07, 6.45) is 8.29. The van der Waals surface area contributed by atoms with E-state index in [1.165, 1.54) is 32.1 Å². The Morgan fingerprint density at radius 1 is 0.946 bits per heavy atom. The van der Waals surface area contributed by atoms with Crippen LogP contribution in [0.5, 0.6) is 0 Å². The SMILES string of the molecule is C[C@@H]1C[C@H](CN(C)C(=O)N(C)C)O[C@H]2[C@H]1[C@@]1(C)CC[C@@]34C[C@@]35CC[C@H](O)C(C)(C)[C@@H]5CC[C@H]4[C@]1(C)[C@H]2O. The van der Waals surface area contributed by atoms with Crippen molar-refractivity contribution in [2.24, 2.45) is 50.7 Å². The third-order valence-electron chi connectivity index (χ3n) is 14.0. The van der Waals surface area contributed by atoms with Crippen molar-refractivity contribution in [1.82, 2.24) is 9.80 Å².